The maximum atomic E-state index is 9.70. The molecule has 0 aliphatic heterocycles. The average Bonchev–Trinajstić information content (AvgIpc) is 2.12. The van der Waals surface area contributed by atoms with Gasteiger partial charge >= 0.3 is 0 Å². The molecule has 0 rings (SSSR count). The van der Waals surface area contributed by atoms with Crippen LogP contribution in [0.3, 0.4) is 0 Å². The van der Waals surface area contributed by atoms with Gasteiger partial charge in [-0.25, -0.2) is 0 Å². The molecule has 0 spiro atoms. The fraction of sp³-hybridized carbons (Fsp3) is 0.800. The Labute approximate surface area is 74.9 Å². The molecule has 0 aliphatic carbocycles. The van der Waals surface area contributed by atoms with Gasteiger partial charge in [-0.05, 0) is 19.8 Å². The summed E-state index contributed by atoms with van der Waals surface area (Å²) >= 11 is 0. The number of rotatable bonds is 4. The lowest BCUT2D eigenvalue weighted by Crippen LogP contribution is -2.23. The monoisotopic (exact) mass is 170 g/mol. The number of ether oxygens (including phenoxy) is 1. The lowest BCUT2D eigenvalue weighted by Gasteiger charge is -2.16. The molecule has 0 saturated heterocycles. The van der Waals surface area contributed by atoms with Crippen molar-refractivity contribution in [3.63, 3.8) is 0 Å². The average molecular weight is 170 g/mol. The van der Waals surface area contributed by atoms with Crippen LogP contribution < -0.4 is 0 Å². The number of aliphatic hydroxyl groups is 1. The molecule has 0 radical (unpaired) electrons. The van der Waals surface area contributed by atoms with Crippen LogP contribution in [0.15, 0.2) is 0 Å². The first-order valence-electron chi connectivity index (χ1n) is 4.48. The summed E-state index contributed by atoms with van der Waals surface area (Å²) in [5.41, 5.74) is -0.808. The van der Waals surface area contributed by atoms with E-state index in [4.69, 9.17) is 4.74 Å². The molecule has 0 fully saturated rings. The van der Waals surface area contributed by atoms with Crippen molar-refractivity contribution in [2.75, 3.05) is 13.2 Å². The van der Waals surface area contributed by atoms with Crippen molar-refractivity contribution in [2.45, 2.75) is 39.2 Å². The van der Waals surface area contributed by atoms with Gasteiger partial charge in [-0.15, -0.1) is 0 Å². The minimum absolute atomic E-state index is 0.415. The maximum absolute atomic E-state index is 9.70. The second-order valence-corrected chi connectivity index (χ2v) is 2.68. The molecule has 0 amide bonds. The van der Waals surface area contributed by atoms with Crippen LogP contribution in [0.5, 0.6) is 0 Å². The Bertz CT molecular complexity index is 160. The largest absolute Gasteiger partial charge is 0.378 e. The van der Waals surface area contributed by atoms with Crippen LogP contribution in [0.1, 0.15) is 33.6 Å². The van der Waals surface area contributed by atoms with E-state index in [0.717, 1.165) is 0 Å². The van der Waals surface area contributed by atoms with E-state index in [1.54, 1.807) is 0 Å². The number of hydrogen-bond acceptors (Lipinski definition) is 2. The fourth-order valence-electron chi connectivity index (χ4n) is 0.780. The van der Waals surface area contributed by atoms with Gasteiger partial charge in [0.2, 0.25) is 0 Å². The van der Waals surface area contributed by atoms with Crippen molar-refractivity contribution in [1.29, 1.82) is 0 Å². The van der Waals surface area contributed by atoms with Gasteiger partial charge in [-0.1, -0.05) is 25.7 Å². The Kier molecular flexibility index (Phi) is 5.79. The summed E-state index contributed by atoms with van der Waals surface area (Å²) in [6, 6.07) is 0. The molecule has 0 aromatic heterocycles. The standard InChI is InChI=1S/C10H18O2/c1-4-10(11,5-2)8-7-9-12-6-3/h11H,4-6,9H2,1-3H3. The van der Waals surface area contributed by atoms with Gasteiger partial charge in [-0.2, -0.15) is 0 Å². The van der Waals surface area contributed by atoms with Crippen molar-refractivity contribution in [1.82, 2.24) is 0 Å². The van der Waals surface area contributed by atoms with Crippen molar-refractivity contribution in [3.8, 4) is 11.8 Å². The van der Waals surface area contributed by atoms with E-state index in [0.29, 0.717) is 26.1 Å². The van der Waals surface area contributed by atoms with Crippen LogP contribution in [0.4, 0.5) is 0 Å². The van der Waals surface area contributed by atoms with Crippen molar-refractivity contribution >= 4 is 0 Å². The van der Waals surface area contributed by atoms with E-state index < -0.39 is 5.60 Å². The Morgan fingerprint density at radius 2 is 1.83 bits per heavy atom. The molecule has 12 heavy (non-hydrogen) atoms. The Morgan fingerprint density at radius 1 is 1.25 bits per heavy atom. The lowest BCUT2D eigenvalue weighted by molar-refractivity contribution is 0.0924. The van der Waals surface area contributed by atoms with Gasteiger partial charge < -0.3 is 9.84 Å². The molecular formula is C10H18O2. The van der Waals surface area contributed by atoms with E-state index in [-0.39, 0.29) is 0 Å². The number of hydrogen-bond donors (Lipinski definition) is 1. The van der Waals surface area contributed by atoms with Crippen LogP contribution in [0.2, 0.25) is 0 Å². The van der Waals surface area contributed by atoms with Gasteiger partial charge in [0.25, 0.3) is 0 Å². The molecule has 0 heterocycles. The summed E-state index contributed by atoms with van der Waals surface area (Å²) in [7, 11) is 0. The summed E-state index contributed by atoms with van der Waals surface area (Å²) in [5.74, 6) is 5.62. The third-order valence-corrected chi connectivity index (χ3v) is 1.87. The van der Waals surface area contributed by atoms with E-state index in [9.17, 15) is 5.11 Å². The molecule has 1 N–H and O–H groups in total. The lowest BCUT2D eigenvalue weighted by atomic mass is 9.99. The summed E-state index contributed by atoms with van der Waals surface area (Å²) in [6.45, 7) is 6.87. The highest BCUT2D eigenvalue weighted by molar-refractivity contribution is 5.13. The van der Waals surface area contributed by atoms with Crippen LogP contribution in [0.25, 0.3) is 0 Å². The minimum Gasteiger partial charge on any atom is -0.378 e. The summed E-state index contributed by atoms with van der Waals surface area (Å²) in [6.07, 6.45) is 1.34. The molecule has 0 bridgehead atoms. The van der Waals surface area contributed by atoms with E-state index in [2.05, 4.69) is 11.8 Å². The van der Waals surface area contributed by atoms with Gasteiger partial charge in [0.15, 0.2) is 0 Å². The predicted molar refractivity (Wildman–Crippen MR) is 49.8 cm³/mol. The molecular weight excluding hydrogens is 152 g/mol. The first-order valence-corrected chi connectivity index (χ1v) is 4.48. The van der Waals surface area contributed by atoms with Gasteiger partial charge in [0.1, 0.15) is 12.2 Å². The highest BCUT2D eigenvalue weighted by Gasteiger charge is 2.17. The molecule has 0 aromatic carbocycles. The Hall–Kier alpha value is -0.520. The van der Waals surface area contributed by atoms with Crippen molar-refractivity contribution in [3.05, 3.63) is 0 Å². The van der Waals surface area contributed by atoms with Crippen molar-refractivity contribution in [2.24, 2.45) is 0 Å². The molecule has 2 heteroatoms. The first-order chi connectivity index (χ1) is 5.68. The smallest absolute Gasteiger partial charge is 0.125 e. The Morgan fingerprint density at radius 3 is 2.25 bits per heavy atom. The normalized spacial score (nSPS) is 10.7. The van der Waals surface area contributed by atoms with E-state index >= 15 is 0 Å². The quantitative estimate of drug-likeness (QED) is 0.512. The van der Waals surface area contributed by atoms with Crippen LogP contribution >= 0.6 is 0 Å². The zero-order chi connectivity index (χ0) is 9.45. The zero-order valence-corrected chi connectivity index (χ0v) is 8.18. The van der Waals surface area contributed by atoms with Gasteiger partial charge in [0, 0.05) is 6.61 Å². The SMILES string of the molecule is CCOCC#CC(O)(CC)CC. The van der Waals surface area contributed by atoms with Crippen LogP contribution in [-0.4, -0.2) is 23.9 Å². The van der Waals surface area contributed by atoms with Crippen molar-refractivity contribution < 1.29 is 9.84 Å². The molecule has 2 nitrogen and oxygen atoms in total. The summed E-state index contributed by atoms with van der Waals surface area (Å²) in [4.78, 5) is 0. The second-order valence-electron chi connectivity index (χ2n) is 2.68. The topological polar surface area (TPSA) is 29.5 Å². The third-order valence-electron chi connectivity index (χ3n) is 1.87. The van der Waals surface area contributed by atoms with Gasteiger partial charge in [0.05, 0.1) is 0 Å². The third kappa shape index (κ3) is 4.38. The van der Waals surface area contributed by atoms with E-state index in [1.807, 2.05) is 20.8 Å². The fourth-order valence-corrected chi connectivity index (χ4v) is 0.780. The van der Waals surface area contributed by atoms with Gasteiger partial charge in [-0.3, -0.25) is 0 Å². The summed E-state index contributed by atoms with van der Waals surface area (Å²) in [5, 5.41) is 9.70. The van der Waals surface area contributed by atoms with Crippen LogP contribution in [-0.2, 0) is 4.74 Å². The molecule has 0 aromatic rings. The minimum atomic E-state index is -0.808. The highest BCUT2D eigenvalue weighted by atomic mass is 16.5. The second kappa shape index (κ2) is 6.05. The molecule has 70 valence electrons. The summed E-state index contributed by atoms with van der Waals surface area (Å²) < 4.78 is 5.03. The zero-order valence-electron chi connectivity index (χ0n) is 8.18. The Balaban J connectivity index is 3.88. The first kappa shape index (κ1) is 11.5. The molecule has 0 aliphatic rings. The maximum Gasteiger partial charge on any atom is 0.125 e. The molecule has 0 saturated carbocycles. The highest BCUT2D eigenvalue weighted by Crippen LogP contribution is 2.12. The molecule has 0 atom stereocenters. The van der Waals surface area contributed by atoms with E-state index in [1.165, 1.54) is 0 Å². The predicted octanol–water partition coefficient (Wildman–Crippen LogP) is 1.58. The van der Waals surface area contributed by atoms with Crippen LogP contribution in [0, 0.1) is 11.8 Å². The molecule has 0 unspecified atom stereocenters.